The second-order valence-electron chi connectivity index (χ2n) is 4.37. The molecule has 18 heavy (non-hydrogen) atoms. The van der Waals surface area contributed by atoms with Crippen molar-refractivity contribution in [2.75, 3.05) is 36.2 Å². The van der Waals surface area contributed by atoms with Gasteiger partial charge in [0.05, 0.1) is 0 Å². The molecular weight excluding hydrogens is 228 g/mol. The number of hydrogen-bond acceptors (Lipinski definition) is 6. The molecule has 0 radical (unpaired) electrons. The molecule has 0 bridgehead atoms. The Labute approximate surface area is 109 Å². The van der Waals surface area contributed by atoms with Crippen LogP contribution in [0.1, 0.15) is 33.6 Å². The molecule has 0 unspecified atom stereocenters. The summed E-state index contributed by atoms with van der Waals surface area (Å²) < 4.78 is 0. The standard InChI is InChI=1S/C12H24N6/c1-6-9(7-2)14-11-15-10(13-8-3)16-12(17-11)18(4)5/h9H,6-8H2,1-5H3,(H2,13,14,15,16,17). The Hall–Kier alpha value is -1.59. The van der Waals surface area contributed by atoms with E-state index in [2.05, 4.69) is 39.4 Å². The van der Waals surface area contributed by atoms with Crippen molar-refractivity contribution in [2.24, 2.45) is 0 Å². The van der Waals surface area contributed by atoms with Crippen LogP contribution in [0.5, 0.6) is 0 Å². The van der Waals surface area contributed by atoms with Gasteiger partial charge in [-0.25, -0.2) is 0 Å². The van der Waals surface area contributed by atoms with Gasteiger partial charge >= 0.3 is 0 Å². The fourth-order valence-corrected chi connectivity index (χ4v) is 1.54. The molecule has 0 aliphatic rings. The fourth-order valence-electron chi connectivity index (χ4n) is 1.54. The second kappa shape index (κ2) is 6.98. The molecule has 0 atom stereocenters. The van der Waals surface area contributed by atoms with Gasteiger partial charge in [-0.3, -0.25) is 0 Å². The van der Waals surface area contributed by atoms with Crippen LogP contribution < -0.4 is 15.5 Å². The molecule has 1 heterocycles. The number of hydrogen-bond donors (Lipinski definition) is 2. The lowest BCUT2D eigenvalue weighted by Gasteiger charge is -2.17. The molecule has 6 heteroatoms. The molecule has 0 aliphatic heterocycles. The molecule has 1 aromatic rings. The summed E-state index contributed by atoms with van der Waals surface area (Å²) in [5.74, 6) is 1.91. The zero-order chi connectivity index (χ0) is 13.5. The summed E-state index contributed by atoms with van der Waals surface area (Å²) in [6.07, 6.45) is 2.10. The first-order chi connectivity index (χ1) is 8.60. The van der Waals surface area contributed by atoms with Crippen molar-refractivity contribution >= 4 is 17.8 Å². The predicted octanol–water partition coefficient (Wildman–Crippen LogP) is 1.97. The van der Waals surface area contributed by atoms with E-state index in [1.54, 1.807) is 0 Å². The molecule has 2 N–H and O–H groups in total. The number of rotatable bonds is 7. The zero-order valence-corrected chi connectivity index (χ0v) is 12.0. The molecule has 1 rings (SSSR count). The van der Waals surface area contributed by atoms with Crippen molar-refractivity contribution in [2.45, 2.75) is 39.7 Å². The van der Waals surface area contributed by atoms with Crippen LogP contribution in [-0.4, -0.2) is 41.6 Å². The van der Waals surface area contributed by atoms with Crippen LogP contribution in [0.2, 0.25) is 0 Å². The topological polar surface area (TPSA) is 66.0 Å². The lowest BCUT2D eigenvalue weighted by Crippen LogP contribution is -2.22. The minimum atomic E-state index is 0.400. The van der Waals surface area contributed by atoms with Gasteiger partial charge in [0, 0.05) is 26.7 Å². The van der Waals surface area contributed by atoms with Crippen molar-refractivity contribution in [3.8, 4) is 0 Å². The summed E-state index contributed by atoms with van der Waals surface area (Å²) in [5, 5.41) is 6.47. The molecule has 6 nitrogen and oxygen atoms in total. The Morgan fingerprint density at radius 2 is 1.61 bits per heavy atom. The van der Waals surface area contributed by atoms with E-state index in [0.29, 0.717) is 23.9 Å². The molecule has 0 fully saturated rings. The Morgan fingerprint density at radius 3 is 2.11 bits per heavy atom. The summed E-state index contributed by atoms with van der Waals surface area (Å²) in [5.41, 5.74) is 0. The van der Waals surface area contributed by atoms with Gasteiger partial charge in [0.25, 0.3) is 0 Å². The average Bonchev–Trinajstić information content (AvgIpc) is 2.36. The maximum Gasteiger partial charge on any atom is 0.231 e. The van der Waals surface area contributed by atoms with Gasteiger partial charge in [0.1, 0.15) is 0 Å². The third-order valence-corrected chi connectivity index (χ3v) is 2.68. The molecule has 0 aromatic carbocycles. The minimum Gasteiger partial charge on any atom is -0.354 e. The van der Waals surface area contributed by atoms with Crippen LogP contribution in [-0.2, 0) is 0 Å². The highest BCUT2D eigenvalue weighted by atomic mass is 15.3. The third kappa shape index (κ3) is 4.01. The molecular formula is C12H24N6. The summed E-state index contributed by atoms with van der Waals surface area (Å²) in [6, 6.07) is 0.400. The Kier molecular flexibility index (Phi) is 5.61. The highest BCUT2D eigenvalue weighted by molar-refractivity contribution is 5.43. The van der Waals surface area contributed by atoms with Crippen LogP contribution >= 0.6 is 0 Å². The van der Waals surface area contributed by atoms with Gasteiger partial charge < -0.3 is 15.5 Å². The highest BCUT2D eigenvalue weighted by Gasteiger charge is 2.10. The van der Waals surface area contributed by atoms with E-state index in [1.165, 1.54) is 0 Å². The highest BCUT2D eigenvalue weighted by Crippen LogP contribution is 2.13. The summed E-state index contributed by atoms with van der Waals surface area (Å²) >= 11 is 0. The largest absolute Gasteiger partial charge is 0.354 e. The van der Waals surface area contributed by atoms with Gasteiger partial charge in [-0.1, -0.05) is 13.8 Å². The zero-order valence-electron chi connectivity index (χ0n) is 12.0. The van der Waals surface area contributed by atoms with E-state index in [1.807, 2.05) is 25.9 Å². The second-order valence-corrected chi connectivity index (χ2v) is 4.37. The van der Waals surface area contributed by atoms with Gasteiger partial charge in [-0.05, 0) is 19.8 Å². The normalized spacial score (nSPS) is 10.6. The minimum absolute atomic E-state index is 0.400. The van der Waals surface area contributed by atoms with Gasteiger partial charge in [-0.15, -0.1) is 0 Å². The van der Waals surface area contributed by atoms with Crippen LogP contribution in [0.15, 0.2) is 0 Å². The van der Waals surface area contributed by atoms with Gasteiger partial charge in [0.2, 0.25) is 17.8 Å². The molecule has 1 aromatic heterocycles. The van der Waals surface area contributed by atoms with Gasteiger partial charge in [0.15, 0.2) is 0 Å². The van der Waals surface area contributed by atoms with E-state index in [-0.39, 0.29) is 0 Å². The van der Waals surface area contributed by atoms with Crippen LogP contribution in [0.25, 0.3) is 0 Å². The quantitative estimate of drug-likeness (QED) is 0.773. The van der Waals surface area contributed by atoms with Crippen molar-refractivity contribution in [3.05, 3.63) is 0 Å². The summed E-state index contributed by atoms with van der Waals surface area (Å²) in [6.45, 7) is 7.12. The van der Waals surface area contributed by atoms with Crippen LogP contribution in [0.4, 0.5) is 17.8 Å². The molecule has 0 aliphatic carbocycles. The van der Waals surface area contributed by atoms with E-state index < -0.39 is 0 Å². The first kappa shape index (κ1) is 14.5. The van der Waals surface area contributed by atoms with Crippen molar-refractivity contribution in [1.29, 1.82) is 0 Å². The van der Waals surface area contributed by atoms with Crippen LogP contribution in [0.3, 0.4) is 0 Å². The molecule has 0 saturated heterocycles. The number of nitrogens with one attached hydrogen (secondary N) is 2. The third-order valence-electron chi connectivity index (χ3n) is 2.68. The van der Waals surface area contributed by atoms with E-state index in [9.17, 15) is 0 Å². The maximum absolute atomic E-state index is 4.40. The molecule has 0 spiro atoms. The SMILES string of the molecule is CCNc1nc(NC(CC)CC)nc(N(C)C)n1. The van der Waals surface area contributed by atoms with Crippen molar-refractivity contribution < 1.29 is 0 Å². The lowest BCUT2D eigenvalue weighted by molar-refractivity contribution is 0.663. The van der Waals surface area contributed by atoms with E-state index in [4.69, 9.17) is 0 Å². The molecule has 0 saturated carbocycles. The van der Waals surface area contributed by atoms with Crippen molar-refractivity contribution in [1.82, 2.24) is 15.0 Å². The number of anilines is 3. The Morgan fingerprint density at radius 1 is 1.00 bits per heavy atom. The predicted molar refractivity (Wildman–Crippen MR) is 76.3 cm³/mol. The summed E-state index contributed by atoms with van der Waals surface area (Å²) in [4.78, 5) is 15.0. The monoisotopic (exact) mass is 252 g/mol. The first-order valence-corrected chi connectivity index (χ1v) is 6.54. The van der Waals surface area contributed by atoms with E-state index >= 15 is 0 Å². The first-order valence-electron chi connectivity index (χ1n) is 6.54. The van der Waals surface area contributed by atoms with E-state index in [0.717, 1.165) is 19.4 Å². The maximum atomic E-state index is 4.40. The fraction of sp³-hybridized carbons (Fsp3) is 0.750. The number of aromatic nitrogens is 3. The Bertz CT molecular complexity index is 362. The lowest BCUT2D eigenvalue weighted by atomic mass is 10.2. The van der Waals surface area contributed by atoms with Crippen LogP contribution in [0, 0.1) is 0 Å². The smallest absolute Gasteiger partial charge is 0.231 e. The van der Waals surface area contributed by atoms with Gasteiger partial charge in [-0.2, -0.15) is 15.0 Å². The van der Waals surface area contributed by atoms with Crippen molar-refractivity contribution in [3.63, 3.8) is 0 Å². The Balaban J connectivity index is 2.95. The molecule has 102 valence electrons. The summed E-state index contributed by atoms with van der Waals surface area (Å²) in [7, 11) is 3.85. The number of nitrogens with zero attached hydrogens (tertiary/aromatic N) is 4. The average molecular weight is 252 g/mol. The molecule has 0 amide bonds.